The molecule has 2 aliphatic rings. The molecule has 0 bridgehead atoms. The fraction of sp³-hybridized carbons (Fsp3) is 0.0526. The standard InChI is InChI=1S/C38H27N/c1-3-10-32(11-4-1)39(33-12-5-2-6-13-33)34-21-18-29-24-31(17-16-30(29)25-34)35-22-19-28-15-14-26-8-7-9-27-20-23-36(35)38(28)37(26)27/h1-19,21-25,35H,20H2. The lowest BCUT2D eigenvalue weighted by Gasteiger charge is -2.29. The Balaban J connectivity index is 1.20. The minimum Gasteiger partial charge on any atom is -0.310 e. The predicted octanol–water partition coefficient (Wildman–Crippen LogP) is 10.2. The minimum absolute atomic E-state index is 0.269. The number of nitrogens with zero attached hydrogens (tertiary/aromatic N) is 1. The molecule has 0 saturated carbocycles. The van der Waals surface area contributed by atoms with E-state index in [-0.39, 0.29) is 5.92 Å². The zero-order valence-electron chi connectivity index (χ0n) is 21.6. The van der Waals surface area contributed by atoms with E-state index in [4.69, 9.17) is 0 Å². The second-order valence-corrected chi connectivity index (χ2v) is 10.5. The van der Waals surface area contributed by atoms with Crippen LogP contribution in [0.4, 0.5) is 17.1 Å². The van der Waals surface area contributed by atoms with Gasteiger partial charge < -0.3 is 4.90 Å². The van der Waals surface area contributed by atoms with Crippen LogP contribution in [0, 0.1) is 0 Å². The quantitative estimate of drug-likeness (QED) is 0.234. The lowest BCUT2D eigenvalue weighted by Crippen LogP contribution is -2.10. The third-order valence-electron chi connectivity index (χ3n) is 8.29. The van der Waals surface area contributed by atoms with Crippen LogP contribution in [0.2, 0.25) is 0 Å². The SMILES string of the molecule is C1=CC(c2ccc3cc(N(c4ccccc4)c4ccccc4)ccc3c2)C2=CCc3cccc4ccc1c2c34. The van der Waals surface area contributed by atoms with Crippen molar-refractivity contribution < 1.29 is 0 Å². The van der Waals surface area contributed by atoms with Crippen LogP contribution in [0.1, 0.15) is 28.2 Å². The van der Waals surface area contributed by atoms with Gasteiger partial charge in [0.15, 0.2) is 0 Å². The number of anilines is 3. The molecule has 39 heavy (non-hydrogen) atoms. The Kier molecular flexibility index (Phi) is 5.03. The van der Waals surface area contributed by atoms with Crippen molar-refractivity contribution in [2.24, 2.45) is 0 Å². The lowest BCUT2D eigenvalue weighted by atomic mass is 9.74. The number of rotatable bonds is 4. The molecule has 0 radical (unpaired) electrons. The van der Waals surface area contributed by atoms with Gasteiger partial charge >= 0.3 is 0 Å². The Labute approximate surface area is 229 Å². The average molecular weight is 498 g/mol. The molecule has 8 rings (SSSR count). The number of benzene rings is 6. The first-order chi connectivity index (χ1) is 19.3. The summed E-state index contributed by atoms with van der Waals surface area (Å²) in [4.78, 5) is 2.32. The number of allylic oxidation sites excluding steroid dienone is 3. The van der Waals surface area contributed by atoms with Crippen LogP contribution in [0.25, 0.3) is 33.2 Å². The van der Waals surface area contributed by atoms with Crippen molar-refractivity contribution in [1.29, 1.82) is 0 Å². The van der Waals surface area contributed by atoms with Gasteiger partial charge in [-0.25, -0.2) is 0 Å². The molecule has 184 valence electrons. The van der Waals surface area contributed by atoms with E-state index in [2.05, 4.69) is 151 Å². The van der Waals surface area contributed by atoms with Crippen LogP contribution in [0.3, 0.4) is 0 Å². The van der Waals surface area contributed by atoms with Crippen molar-refractivity contribution in [3.8, 4) is 0 Å². The maximum absolute atomic E-state index is 2.46. The van der Waals surface area contributed by atoms with E-state index < -0.39 is 0 Å². The summed E-state index contributed by atoms with van der Waals surface area (Å²) in [5.41, 5.74) is 10.5. The van der Waals surface area contributed by atoms with Crippen LogP contribution in [0.5, 0.6) is 0 Å². The molecule has 0 amide bonds. The highest BCUT2D eigenvalue weighted by molar-refractivity contribution is 6.04. The van der Waals surface area contributed by atoms with Crippen LogP contribution >= 0.6 is 0 Å². The normalized spacial score (nSPS) is 15.4. The maximum atomic E-state index is 2.46. The minimum atomic E-state index is 0.269. The van der Waals surface area contributed by atoms with Crippen LogP contribution in [-0.2, 0) is 6.42 Å². The van der Waals surface area contributed by atoms with Gasteiger partial charge in [-0.3, -0.25) is 0 Å². The molecule has 0 fully saturated rings. The molecule has 1 nitrogen and oxygen atoms in total. The molecular weight excluding hydrogens is 470 g/mol. The molecular formula is C38H27N. The smallest absolute Gasteiger partial charge is 0.0468 e. The summed E-state index contributed by atoms with van der Waals surface area (Å²) < 4.78 is 0. The van der Waals surface area contributed by atoms with E-state index in [9.17, 15) is 0 Å². The first kappa shape index (κ1) is 22.1. The zero-order chi connectivity index (χ0) is 25.8. The lowest BCUT2D eigenvalue weighted by molar-refractivity contribution is 1.08. The van der Waals surface area contributed by atoms with Gasteiger partial charge in [-0.2, -0.15) is 0 Å². The zero-order valence-corrected chi connectivity index (χ0v) is 21.6. The molecule has 0 spiro atoms. The summed E-state index contributed by atoms with van der Waals surface area (Å²) in [5, 5.41) is 5.30. The summed E-state index contributed by atoms with van der Waals surface area (Å²) in [6, 6.07) is 46.3. The summed E-state index contributed by atoms with van der Waals surface area (Å²) in [6.45, 7) is 0. The molecule has 1 atom stereocenters. The van der Waals surface area contributed by atoms with Gasteiger partial charge in [-0.1, -0.05) is 109 Å². The molecule has 1 heteroatoms. The molecule has 0 heterocycles. The van der Waals surface area contributed by atoms with Crippen LogP contribution in [-0.4, -0.2) is 0 Å². The highest BCUT2D eigenvalue weighted by Crippen LogP contribution is 2.46. The molecule has 6 aromatic rings. The van der Waals surface area contributed by atoms with Crippen LogP contribution in [0.15, 0.2) is 140 Å². The molecule has 0 saturated heterocycles. The summed E-state index contributed by atoms with van der Waals surface area (Å²) in [5.74, 6) is 0.269. The van der Waals surface area contributed by atoms with E-state index >= 15 is 0 Å². The second kappa shape index (κ2) is 8.85. The Bertz CT molecular complexity index is 1890. The number of hydrogen-bond acceptors (Lipinski definition) is 1. The van der Waals surface area contributed by atoms with Crippen molar-refractivity contribution in [1.82, 2.24) is 0 Å². The monoisotopic (exact) mass is 497 g/mol. The van der Waals surface area contributed by atoms with E-state index in [1.807, 2.05) is 0 Å². The Hall–Kier alpha value is -4.88. The second-order valence-electron chi connectivity index (χ2n) is 10.5. The Morgan fingerprint density at radius 1 is 0.564 bits per heavy atom. The van der Waals surface area contributed by atoms with Gasteiger partial charge in [0.1, 0.15) is 0 Å². The molecule has 6 aromatic carbocycles. The van der Waals surface area contributed by atoms with Gasteiger partial charge in [-0.05, 0) is 92.2 Å². The largest absolute Gasteiger partial charge is 0.310 e. The van der Waals surface area contributed by atoms with Crippen LogP contribution < -0.4 is 4.90 Å². The third kappa shape index (κ3) is 3.62. The molecule has 0 N–H and O–H groups in total. The summed E-state index contributed by atoms with van der Waals surface area (Å²) in [7, 11) is 0. The van der Waals surface area contributed by atoms with Crippen molar-refractivity contribution in [3.05, 3.63) is 162 Å². The van der Waals surface area contributed by atoms with Crippen molar-refractivity contribution in [2.75, 3.05) is 4.90 Å². The predicted molar refractivity (Wildman–Crippen MR) is 166 cm³/mol. The van der Waals surface area contributed by atoms with Gasteiger partial charge in [0.25, 0.3) is 0 Å². The van der Waals surface area contributed by atoms with Crippen molar-refractivity contribution in [2.45, 2.75) is 12.3 Å². The highest BCUT2D eigenvalue weighted by atomic mass is 15.1. The van der Waals surface area contributed by atoms with Gasteiger partial charge in [-0.15, -0.1) is 0 Å². The Morgan fingerprint density at radius 2 is 1.28 bits per heavy atom. The molecule has 2 aliphatic carbocycles. The summed E-state index contributed by atoms with van der Waals surface area (Å²) in [6.07, 6.45) is 8.17. The third-order valence-corrected chi connectivity index (χ3v) is 8.29. The first-order valence-corrected chi connectivity index (χ1v) is 13.7. The van der Waals surface area contributed by atoms with E-state index in [0.29, 0.717) is 0 Å². The number of hydrogen-bond donors (Lipinski definition) is 0. The number of fused-ring (bicyclic) bond motifs is 1. The van der Waals surface area contributed by atoms with Gasteiger partial charge in [0.2, 0.25) is 0 Å². The fourth-order valence-corrected chi connectivity index (χ4v) is 6.48. The first-order valence-electron chi connectivity index (χ1n) is 13.7. The number of para-hydroxylation sites is 2. The average Bonchev–Trinajstić information content (AvgIpc) is 3.01. The van der Waals surface area contributed by atoms with Gasteiger partial charge in [0.05, 0.1) is 0 Å². The summed E-state index contributed by atoms with van der Waals surface area (Å²) >= 11 is 0. The fourth-order valence-electron chi connectivity index (χ4n) is 6.48. The van der Waals surface area contributed by atoms with Crippen molar-refractivity contribution >= 4 is 50.3 Å². The van der Waals surface area contributed by atoms with E-state index in [1.54, 1.807) is 0 Å². The van der Waals surface area contributed by atoms with E-state index in [0.717, 1.165) is 23.5 Å². The van der Waals surface area contributed by atoms with Gasteiger partial charge in [0, 0.05) is 23.0 Å². The topological polar surface area (TPSA) is 3.24 Å². The Morgan fingerprint density at radius 3 is 2.08 bits per heavy atom. The highest BCUT2D eigenvalue weighted by Gasteiger charge is 2.26. The maximum Gasteiger partial charge on any atom is 0.0468 e. The molecule has 0 aromatic heterocycles. The van der Waals surface area contributed by atoms with E-state index in [1.165, 1.54) is 49.4 Å². The van der Waals surface area contributed by atoms with Crippen molar-refractivity contribution in [3.63, 3.8) is 0 Å². The molecule has 1 unspecified atom stereocenters. The molecule has 0 aliphatic heterocycles.